The van der Waals surface area contributed by atoms with Crippen LogP contribution in [0.1, 0.15) is 27.0 Å². The maximum atomic E-state index is 11.7. The van der Waals surface area contributed by atoms with Crippen molar-refractivity contribution in [2.24, 2.45) is 0 Å². The lowest BCUT2D eigenvalue weighted by Crippen LogP contribution is -2.05. The van der Waals surface area contributed by atoms with E-state index in [0.717, 1.165) is 16.7 Å². The summed E-state index contributed by atoms with van der Waals surface area (Å²) in [5.41, 5.74) is 1.48. The van der Waals surface area contributed by atoms with E-state index in [1.165, 1.54) is 9.75 Å². The number of esters is 1. The largest absolute Gasteiger partial charge is 0.462 e. The molecule has 2 rings (SSSR count). The van der Waals surface area contributed by atoms with Crippen molar-refractivity contribution in [3.05, 3.63) is 50.1 Å². The lowest BCUT2D eigenvalue weighted by atomic mass is 10.2. The van der Waals surface area contributed by atoms with Gasteiger partial charge in [-0.25, -0.2) is 4.79 Å². The molecule has 0 aliphatic rings. The van der Waals surface area contributed by atoms with E-state index in [1.54, 1.807) is 24.3 Å². The number of benzene rings is 1. The molecule has 0 atom stereocenters. The molecule has 3 nitrogen and oxygen atoms in total. The standard InChI is InChI=1S/C15H16BrNO2S/c1-3-19-15(18)11-5-4-6-12(7-11)17-9-13-8-14(16)10(2)20-13/h4-8,17H,3,9H2,1-2H3. The number of anilines is 1. The second-order valence-corrected chi connectivity index (χ2v) is 6.47. The molecule has 0 aliphatic heterocycles. The Morgan fingerprint density at radius 1 is 1.40 bits per heavy atom. The number of nitrogens with one attached hydrogen (secondary N) is 1. The topological polar surface area (TPSA) is 38.3 Å². The summed E-state index contributed by atoms with van der Waals surface area (Å²) in [5, 5.41) is 3.32. The average Bonchev–Trinajstić information content (AvgIpc) is 2.76. The van der Waals surface area contributed by atoms with Crippen LogP contribution in [0.5, 0.6) is 0 Å². The van der Waals surface area contributed by atoms with Crippen molar-refractivity contribution in [1.29, 1.82) is 0 Å². The molecule has 0 spiro atoms. The van der Waals surface area contributed by atoms with Gasteiger partial charge in [0.2, 0.25) is 0 Å². The highest BCUT2D eigenvalue weighted by atomic mass is 79.9. The second-order valence-electron chi connectivity index (χ2n) is 4.27. The van der Waals surface area contributed by atoms with Gasteiger partial charge in [0.1, 0.15) is 0 Å². The summed E-state index contributed by atoms with van der Waals surface area (Å²) in [6.45, 7) is 5.01. The zero-order valence-electron chi connectivity index (χ0n) is 11.4. The number of rotatable bonds is 5. The Labute approximate surface area is 131 Å². The Morgan fingerprint density at radius 3 is 2.85 bits per heavy atom. The first-order valence-corrected chi connectivity index (χ1v) is 7.97. The highest BCUT2D eigenvalue weighted by Gasteiger charge is 2.07. The Kier molecular flexibility index (Phi) is 5.20. The fourth-order valence-corrected chi connectivity index (χ4v) is 3.31. The van der Waals surface area contributed by atoms with E-state index in [1.807, 2.05) is 18.2 Å². The Morgan fingerprint density at radius 2 is 2.20 bits per heavy atom. The number of thiophene rings is 1. The molecule has 106 valence electrons. The molecule has 5 heteroatoms. The van der Waals surface area contributed by atoms with Crippen LogP contribution in [0.2, 0.25) is 0 Å². The van der Waals surface area contributed by atoms with Gasteiger partial charge in [0.05, 0.1) is 12.2 Å². The quantitative estimate of drug-likeness (QED) is 0.797. The normalized spacial score (nSPS) is 10.3. The summed E-state index contributed by atoms with van der Waals surface area (Å²) < 4.78 is 6.13. The molecule has 0 aliphatic carbocycles. The van der Waals surface area contributed by atoms with Crippen molar-refractivity contribution in [3.63, 3.8) is 0 Å². The van der Waals surface area contributed by atoms with E-state index in [2.05, 4.69) is 34.2 Å². The smallest absolute Gasteiger partial charge is 0.338 e. The first-order valence-electron chi connectivity index (χ1n) is 6.36. The molecular formula is C15H16BrNO2S. The van der Waals surface area contributed by atoms with Gasteiger partial charge in [0, 0.05) is 26.5 Å². The van der Waals surface area contributed by atoms with Gasteiger partial charge in [-0.05, 0) is 54.0 Å². The molecule has 1 aromatic heterocycles. The van der Waals surface area contributed by atoms with Crippen molar-refractivity contribution in [1.82, 2.24) is 0 Å². The number of aryl methyl sites for hydroxylation is 1. The van der Waals surface area contributed by atoms with Crippen LogP contribution in [0.3, 0.4) is 0 Å². The number of carbonyl (C=O) groups excluding carboxylic acids is 1. The Hall–Kier alpha value is -1.33. The van der Waals surface area contributed by atoms with Crippen molar-refractivity contribution < 1.29 is 9.53 Å². The fourth-order valence-electron chi connectivity index (χ4n) is 1.76. The van der Waals surface area contributed by atoms with Crippen LogP contribution in [0.15, 0.2) is 34.8 Å². The molecule has 1 aromatic carbocycles. The second kappa shape index (κ2) is 6.90. The van der Waals surface area contributed by atoms with Gasteiger partial charge in [0.25, 0.3) is 0 Å². The van der Waals surface area contributed by atoms with Crippen molar-refractivity contribution >= 4 is 38.9 Å². The number of carbonyl (C=O) groups is 1. The maximum Gasteiger partial charge on any atom is 0.338 e. The van der Waals surface area contributed by atoms with Gasteiger partial charge >= 0.3 is 5.97 Å². The van der Waals surface area contributed by atoms with Crippen LogP contribution >= 0.6 is 27.3 Å². The van der Waals surface area contributed by atoms with Crippen LogP contribution in [0.25, 0.3) is 0 Å². The molecule has 20 heavy (non-hydrogen) atoms. The van der Waals surface area contributed by atoms with Gasteiger partial charge in [-0.2, -0.15) is 0 Å². The predicted octanol–water partition coefficient (Wildman–Crippen LogP) is 4.61. The zero-order chi connectivity index (χ0) is 14.5. The first kappa shape index (κ1) is 15.1. The predicted molar refractivity (Wildman–Crippen MR) is 86.5 cm³/mol. The Balaban J connectivity index is 2.02. The third-order valence-electron chi connectivity index (χ3n) is 2.75. The molecule has 0 saturated heterocycles. The number of hydrogen-bond acceptors (Lipinski definition) is 4. The first-order chi connectivity index (χ1) is 9.60. The van der Waals surface area contributed by atoms with E-state index >= 15 is 0 Å². The number of halogens is 1. The lowest BCUT2D eigenvalue weighted by Gasteiger charge is -2.07. The van der Waals surface area contributed by atoms with E-state index < -0.39 is 0 Å². The van der Waals surface area contributed by atoms with Crippen molar-refractivity contribution in [3.8, 4) is 0 Å². The van der Waals surface area contributed by atoms with Crippen LogP contribution in [-0.2, 0) is 11.3 Å². The zero-order valence-corrected chi connectivity index (χ0v) is 13.8. The van der Waals surface area contributed by atoms with Gasteiger partial charge in [0.15, 0.2) is 0 Å². The Bertz CT molecular complexity index is 590. The molecule has 1 heterocycles. The van der Waals surface area contributed by atoms with Crippen LogP contribution in [0.4, 0.5) is 5.69 Å². The third-order valence-corrected chi connectivity index (χ3v) is 4.89. The SMILES string of the molecule is CCOC(=O)c1cccc(NCc2cc(Br)c(C)s2)c1. The number of ether oxygens (including phenoxy) is 1. The van der Waals surface area contributed by atoms with E-state index in [0.29, 0.717) is 12.2 Å². The van der Waals surface area contributed by atoms with Crippen LogP contribution in [0, 0.1) is 6.92 Å². The minimum Gasteiger partial charge on any atom is -0.462 e. The van der Waals surface area contributed by atoms with Gasteiger partial charge in [-0.15, -0.1) is 11.3 Å². The minimum atomic E-state index is -0.286. The summed E-state index contributed by atoms with van der Waals surface area (Å²) in [6.07, 6.45) is 0. The highest BCUT2D eigenvalue weighted by molar-refractivity contribution is 9.10. The molecule has 0 saturated carbocycles. The molecule has 0 radical (unpaired) electrons. The fraction of sp³-hybridized carbons (Fsp3) is 0.267. The molecular weight excluding hydrogens is 338 g/mol. The average molecular weight is 354 g/mol. The summed E-state index contributed by atoms with van der Waals surface area (Å²) in [6, 6.07) is 9.48. The molecule has 0 amide bonds. The molecule has 1 N–H and O–H groups in total. The molecule has 0 bridgehead atoms. The maximum absolute atomic E-state index is 11.7. The van der Waals surface area contributed by atoms with Gasteiger partial charge in [-0.1, -0.05) is 6.07 Å². The monoisotopic (exact) mass is 353 g/mol. The lowest BCUT2D eigenvalue weighted by molar-refractivity contribution is 0.0526. The summed E-state index contributed by atoms with van der Waals surface area (Å²) in [5.74, 6) is -0.286. The summed E-state index contributed by atoms with van der Waals surface area (Å²) in [7, 11) is 0. The summed E-state index contributed by atoms with van der Waals surface area (Å²) >= 11 is 5.26. The minimum absolute atomic E-state index is 0.286. The van der Waals surface area contributed by atoms with Crippen LogP contribution < -0.4 is 5.32 Å². The van der Waals surface area contributed by atoms with Crippen molar-refractivity contribution in [2.75, 3.05) is 11.9 Å². The van der Waals surface area contributed by atoms with Crippen LogP contribution in [-0.4, -0.2) is 12.6 Å². The van der Waals surface area contributed by atoms with E-state index in [-0.39, 0.29) is 5.97 Å². The van der Waals surface area contributed by atoms with E-state index in [4.69, 9.17) is 4.74 Å². The number of hydrogen-bond donors (Lipinski definition) is 1. The molecule has 0 fully saturated rings. The van der Waals surface area contributed by atoms with Gasteiger partial charge in [-0.3, -0.25) is 0 Å². The van der Waals surface area contributed by atoms with Crippen molar-refractivity contribution in [2.45, 2.75) is 20.4 Å². The molecule has 0 unspecified atom stereocenters. The van der Waals surface area contributed by atoms with Gasteiger partial charge < -0.3 is 10.1 Å². The third kappa shape index (κ3) is 3.84. The summed E-state index contributed by atoms with van der Waals surface area (Å²) in [4.78, 5) is 14.2. The van der Waals surface area contributed by atoms with E-state index in [9.17, 15) is 4.79 Å². The highest BCUT2D eigenvalue weighted by Crippen LogP contribution is 2.27. The molecule has 2 aromatic rings.